The van der Waals surface area contributed by atoms with Gasteiger partial charge in [0.25, 0.3) is 0 Å². The molecule has 0 spiro atoms. The number of hydrogen-bond donors (Lipinski definition) is 0. The molecule has 0 aromatic heterocycles. The average molecular weight is 2010 g/mol. The molecule has 22 nitrogen and oxygen atoms in total. The second-order valence-corrected chi connectivity index (χ2v) is 40.8. The van der Waals surface area contributed by atoms with Gasteiger partial charge in [-0.25, -0.2) is 19.2 Å². The van der Waals surface area contributed by atoms with Crippen LogP contribution in [0, 0.1) is 23.7 Å². The molecular formula is C124H168O22. The Kier molecular flexibility index (Phi) is 45.8. The van der Waals surface area contributed by atoms with Gasteiger partial charge in [0.1, 0.15) is 72.4 Å². The van der Waals surface area contributed by atoms with Crippen molar-refractivity contribution in [1.29, 1.82) is 0 Å². The molecule has 4 saturated heterocycles. The second kappa shape index (κ2) is 59.3. The summed E-state index contributed by atoms with van der Waals surface area (Å²) in [6.45, 7) is 8.13. The predicted molar refractivity (Wildman–Crippen MR) is 572 cm³/mol. The first-order chi connectivity index (χ1) is 71.6. The van der Waals surface area contributed by atoms with Gasteiger partial charge >= 0.3 is 23.9 Å². The smallest absolute Gasteiger partial charge is 0.344 e. The molecule has 15 rings (SSSR count). The van der Waals surface area contributed by atoms with Gasteiger partial charge in [0.2, 0.25) is 11.6 Å². The van der Waals surface area contributed by atoms with Crippen molar-refractivity contribution >= 4 is 23.9 Å². The van der Waals surface area contributed by atoms with Gasteiger partial charge in [-0.2, -0.15) is 0 Å². The maximum Gasteiger partial charge on any atom is 0.344 e. The first-order valence-electron chi connectivity index (χ1n) is 55.7. The molecule has 3 aliphatic carbocycles. The molecule has 7 aliphatic rings. The van der Waals surface area contributed by atoms with Gasteiger partial charge in [-0.3, -0.25) is 0 Å². The van der Waals surface area contributed by atoms with Crippen LogP contribution in [0.4, 0.5) is 0 Å². The average Bonchev–Trinajstić information content (AvgIpc) is 1.43. The van der Waals surface area contributed by atoms with Crippen molar-refractivity contribution < 1.29 is 104 Å². The zero-order valence-electron chi connectivity index (χ0n) is 88.9. The van der Waals surface area contributed by atoms with Crippen LogP contribution >= 0.6 is 0 Å². The van der Waals surface area contributed by atoms with E-state index in [1.54, 1.807) is 48.5 Å². The number of benzene rings is 8. The number of rotatable bonds is 76. The Bertz CT molecular complexity index is 4460. The number of methoxy groups -OCH3 is 4. The first-order valence-corrected chi connectivity index (χ1v) is 55.7. The summed E-state index contributed by atoms with van der Waals surface area (Å²) in [4.78, 5) is 57.9. The third-order valence-electron chi connectivity index (χ3n) is 30.9. The molecule has 0 amide bonds. The number of unbranched alkanes of at least 4 members (excludes halogenated alkanes) is 36. The van der Waals surface area contributed by atoms with Gasteiger partial charge in [-0.15, -0.1) is 0 Å². The van der Waals surface area contributed by atoms with Crippen LogP contribution in [0.1, 0.15) is 297 Å². The highest BCUT2D eigenvalue weighted by Crippen LogP contribution is 2.80. The quantitative estimate of drug-likeness (QED) is 0.0149. The van der Waals surface area contributed by atoms with E-state index in [1.807, 2.05) is 146 Å². The van der Waals surface area contributed by atoms with Crippen molar-refractivity contribution in [3.63, 3.8) is 0 Å². The SMILES string of the molecule is CCCCCCCCCCCCOc1ccc(-c2ccc(OCC(=O)OC[C@]34O[C@](COC(=O)COc5ccc(-c6ccc(OCCCCCCCCCCCC)cc6)cc5)(C5CC6C(CC53)[C@@]3(COC(=O)COc5ccc(-c7ccc(OCCCCCCCCCCCC)cc7)cc5)O[C@]6(COC(=O)COc5ccc(-c6ccc(OCCCCCCCCCCCC)cc6)cc5)C3(OC)OC)C4(OC)OC)cc2)cc1. The molecule has 8 atom stereocenters. The lowest BCUT2D eigenvalue weighted by Crippen LogP contribution is -2.83. The zero-order valence-corrected chi connectivity index (χ0v) is 88.9. The highest BCUT2D eigenvalue weighted by molar-refractivity contribution is 5.75. The molecule has 8 aromatic carbocycles. The van der Waals surface area contributed by atoms with Crippen LogP contribution in [0.5, 0.6) is 46.0 Å². The number of hydrogen-bond acceptors (Lipinski definition) is 22. The van der Waals surface area contributed by atoms with Crippen molar-refractivity contribution in [2.24, 2.45) is 23.7 Å². The summed E-state index contributed by atoms with van der Waals surface area (Å²) >= 11 is 0. The van der Waals surface area contributed by atoms with Crippen molar-refractivity contribution in [3.05, 3.63) is 194 Å². The van der Waals surface area contributed by atoms with Gasteiger partial charge in [0.05, 0.1) is 26.4 Å². The summed E-state index contributed by atoms with van der Waals surface area (Å²) in [5, 5.41) is 0. The fourth-order valence-electron chi connectivity index (χ4n) is 23.1. The molecule has 3 saturated carbocycles. The Hall–Kier alpha value is -10.2. The van der Waals surface area contributed by atoms with Gasteiger partial charge in [-0.05, 0) is 180 Å². The normalized spacial score (nSPS) is 19.9. The third kappa shape index (κ3) is 29.7. The summed E-state index contributed by atoms with van der Waals surface area (Å²) < 4.78 is 116. The fourth-order valence-corrected chi connectivity index (χ4v) is 23.1. The van der Waals surface area contributed by atoms with Crippen LogP contribution in [-0.4, -0.2) is 166 Å². The lowest BCUT2D eigenvalue weighted by molar-refractivity contribution is -0.482. The Balaban J connectivity index is 0.691. The molecule has 4 bridgehead atoms. The van der Waals surface area contributed by atoms with Gasteiger partial charge in [-0.1, -0.05) is 356 Å². The molecule has 7 fully saturated rings. The van der Waals surface area contributed by atoms with E-state index < -0.39 is 134 Å². The minimum absolute atomic E-state index is 0.168. The van der Waals surface area contributed by atoms with Crippen molar-refractivity contribution in [2.75, 3.05) is 108 Å². The summed E-state index contributed by atoms with van der Waals surface area (Å²) in [6, 6.07) is 62.1. The highest BCUT2D eigenvalue weighted by Gasteiger charge is 2.97. The molecular weight excluding hydrogens is 1840 g/mol. The molecule has 4 aliphatic heterocycles. The van der Waals surface area contributed by atoms with E-state index in [0.717, 1.165) is 119 Å². The zero-order chi connectivity index (χ0) is 102. The molecule has 22 heteroatoms. The van der Waals surface area contributed by atoms with E-state index >= 15 is 0 Å². The van der Waals surface area contributed by atoms with E-state index in [4.69, 9.17) is 85.3 Å². The largest absolute Gasteiger partial charge is 0.494 e. The van der Waals surface area contributed by atoms with E-state index in [1.165, 1.54) is 234 Å². The summed E-state index contributed by atoms with van der Waals surface area (Å²) in [5.41, 5.74) is 1.27. The van der Waals surface area contributed by atoms with E-state index in [9.17, 15) is 19.2 Å². The van der Waals surface area contributed by atoms with E-state index in [-0.39, 0.29) is 12.8 Å². The van der Waals surface area contributed by atoms with Gasteiger partial charge in [0.15, 0.2) is 48.8 Å². The standard InChI is InChI=1S/C124H168O22/c1-9-13-17-21-25-29-33-37-41-45-81-133-103-65-49-95(50-66-103)99-57-73-107(74-58-99)137-87-115(125)141-91-119-111-85-113-114(86-112(111)120(145-119,123(119,129-5)130-6)92-142-116(126)88-138-108-75-59-100(60-76-108)96-51-67-104(68-52-96)134-82-46-42-38-34-30-26-22-18-14-10-2)122(94-144-118(128)90-140-110-79-63-102(64-80-110)98-55-71-106(72-56-98)136-84-48-44-40-36-32-28-24-20-16-12-4)124(131-7,132-8)121(113,146-122)93-143-117(127)89-139-109-77-61-101(62-78-109)97-53-69-105(70-54-97)135-83-47-43-39-35-31-27-23-19-15-11-3/h49-80,111-114H,9-48,81-94H2,1-8H3/t111?,112?,113?,114?,119-,120+,121+,122-. The summed E-state index contributed by atoms with van der Waals surface area (Å²) in [6.07, 6.45) is 50.8. The van der Waals surface area contributed by atoms with Crippen molar-refractivity contribution in [1.82, 2.24) is 0 Å². The molecule has 0 N–H and O–H groups in total. The molecule has 0 radical (unpaired) electrons. The minimum Gasteiger partial charge on any atom is -0.494 e. The summed E-state index contributed by atoms with van der Waals surface area (Å²) in [7, 11) is 5.94. The Morgan fingerprint density at radius 2 is 0.356 bits per heavy atom. The first kappa shape index (κ1) is 113. The van der Waals surface area contributed by atoms with Crippen LogP contribution in [0.25, 0.3) is 44.5 Å². The monoisotopic (exact) mass is 2010 g/mol. The van der Waals surface area contributed by atoms with Crippen LogP contribution in [0.3, 0.4) is 0 Å². The van der Waals surface area contributed by atoms with Gasteiger partial charge in [0, 0.05) is 52.1 Å². The molecule has 146 heavy (non-hydrogen) atoms. The third-order valence-corrected chi connectivity index (χ3v) is 30.9. The molecule has 4 heterocycles. The number of esters is 4. The molecule has 8 aromatic rings. The Morgan fingerprint density at radius 3 is 0.507 bits per heavy atom. The predicted octanol–water partition coefficient (Wildman–Crippen LogP) is 28.6. The number of carbonyl (C=O) groups excluding carboxylic acids is 4. The number of carbonyl (C=O) groups is 4. The topological polar surface area (TPSA) is 234 Å². The van der Waals surface area contributed by atoms with E-state index in [2.05, 4.69) is 27.7 Å². The van der Waals surface area contributed by atoms with E-state index in [0.29, 0.717) is 49.4 Å². The molecule has 4 unspecified atom stereocenters. The second-order valence-electron chi connectivity index (χ2n) is 40.8. The number of ether oxygens (including phenoxy) is 18. The lowest BCUT2D eigenvalue weighted by atomic mass is 9.64. The van der Waals surface area contributed by atoms with Gasteiger partial charge < -0.3 is 85.3 Å². The van der Waals surface area contributed by atoms with Crippen molar-refractivity contribution in [3.8, 4) is 90.5 Å². The molecule has 796 valence electrons. The minimum atomic E-state index is -1.78. The van der Waals surface area contributed by atoms with Crippen LogP contribution in [-0.2, 0) is 66.5 Å². The van der Waals surface area contributed by atoms with Crippen LogP contribution < -0.4 is 37.9 Å². The van der Waals surface area contributed by atoms with Crippen molar-refractivity contribution in [2.45, 2.75) is 331 Å². The summed E-state index contributed by atoms with van der Waals surface area (Å²) in [5.74, 6) is -4.07. The lowest BCUT2D eigenvalue weighted by Gasteiger charge is -2.63. The highest BCUT2D eigenvalue weighted by atomic mass is 16.8. The van der Waals surface area contributed by atoms with Crippen LogP contribution in [0.2, 0.25) is 0 Å². The maximum absolute atomic E-state index is 14.5. The Morgan fingerprint density at radius 1 is 0.212 bits per heavy atom. The maximum atomic E-state index is 14.5. The fraction of sp³-hybridized carbons (Fsp3) is 0.581. The Labute approximate surface area is 870 Å². The van der Waals surface area contributed by atoms with Crippen LogP contribution in [0.15, 0.2) is 194 Å².